The molecule has 0 radical (unpaired) electrons. The fourth-order valence-electron chi connectivity index (χ4n) is 2.29. The van der Waals surface area contributed by atoms with Gasteiger partial charge in [0, 0.05) is 24.9 Å². The van der Waals surface area contributed by atoms with E-state index in [-0.39, 0.29) is 0 Å². The van der Waals surface area contributed by atoms with Crippen LogP contribution in [0.3, 0.4) is 0 Å². The lowest BCUT2D eigenvalue weighted by Gasteiger charge is -2.10. The van der Waals surface area contributed by atoms with Crippen LogP contribution in [-0.4, -0.2) is 15.3 Å². The summed E-state index contributed by atoms with van der Waals surface area (Å²) in [4.78, 5) is 4.42. The van der Waals surface area contributed by atoms with Gasteiger partial charge in [-0.3, -0.25) is 0 Å². The normalized spacial score (nSPS) is 11.3. The minimum atomic E-state index is 0.529. The number of imidazole rings is 1. The van der Waals surface area contributed by atoms with Crippen molar-refractivity contribution < 1.29 is 0 Å². The molecule has 0 saturated carbocycles. The monoisotopic (exact) mass is 268 g/mol. The van der Waals surface area contributed by atoms with Gasteiger partial charge in [-0.1, -0.05) is 46.0 Å². The summed E-state index contributed by atoms with van der Waals surface area (Å²) in [5.41, 5.74) is 0. The van der Waals surface area contributed by atoms with E-state index in [1.807, 2.05) is 6.20 Å². The third-order valence-electron chi connectivity index (χ3n) is 3.32. The lowest BCUT2D eigenvalue weighted by Crippen LogP contribution is -2.04. The Morgan fingerprint density at radius 3 is 2.28 bits per heavy atom. The van der Waals surface area contributed by atoms with Crippen LogP contribution in [0, 0.1) is 0 Å². The molecule has 0 aliphatic carbocycles. The lowest BCUT2D eigenvalue weighted by atomic mass is 10.1. The molecule has 0 aliphatic heterocycles. The van der Waals surface area contributed by atoms with Crippen molar-refractivity contribution >= 4 is 12.6 Å². The largest absolute Gasteiger partial charge is 0.335 e. The number of hydrogen-bond acceptors (Lipinski definition) is 2. The van der Waals surface area contributed by atoms with Gasteiger partial charge in [0.2, 0.25) is 0 Å². The molecule has 0 saturated heterocycles. The molecule has 0 amide bonds. The van der Waals surface area contributed by atoms with E-state index in [4.69, 9.17) is 0 Å². The Labute approximate surface area is 118 Å². The lowest BCUT2D eigenvalue weighted by molar-refractivity contribution is 0.533. The molecule has 0 N–H and O–H groups in total. The number of nitrogens with zero attached hydrogens (tertiary/aromatic N) is 2. The first-order chi connectivity index (χ1) is 8.75. The van der Waals surface area contributed by atoms with Crippen molar-refractivity contribution in [2.24, 2.45) is 0 Å². The van der Waals surface area contributed by atoms with E-state index in [9.17, 15) is 0 Å². The maximum atomic E-state index is 4.42. The topological polar surface area (TPSA) is 17.8 Å². The molecule has 1 aromatic rings. The van der Waals surface area contributed by atoms with E-state index in [0.29, 0.717) is 5.92 Å². The summed E-state index contributed by atoms with van der Waals surface area (Å²) in [7, 11) is 0. The SMILES string of the molecule is CC(C)c1nccn1CCCCCCCCCS. The van der Waals surface area contributed by atoms with E-state index in [1.165, 1.54) is 50.8 Å². The quantitative estimate of drug-likeness (QED) is 0.482. The minimum absolute atomic E-state index is 0.529. The van der Waals surface area contributed by atoms with Gasteiger partial charge in [-0.25, -0.2) is 4.98 Å². The number of hydrogen-bond donors (Lipinski definition) is 1. The van der Waals surface area contributed by atoms with E-state index >= 15 is 0 Å². The van der Waals surface area contributed by atoms with Gasteiger partial charge in [-0.2, -0.15) is 12.6 Å². The van der Waals surface area contributed by atoms with Crippen molar-refractivity contribution in [1.29, 1.82) is 0 Å². The van der Waals surface area contributed by atoms with Crippen LogP contribution >= 0.6 is 12.6 Å². The van der Waals surface area contributed by atoms with Gasteiger partial charge in [-0.05, 0) is 18.6 Å². The molecule has 104 valence electrons. The molecule has 0 aromatic carbocycles. The summed E-state index contributed by atoms with van der Waals surface area (Å²) in [6, 6.07) is 0. The molecule has 2 nitrogen and oxygen atoms in total. The molecule has 0 fully saturated rings. The molecule has 0 aliphatic rings. The van der Waals surface area contributed by atoms with Gasteiger partial charge in [-0.15, -0.1) is 0 Å². The number of unbranched alkanes of at least 4 members (excludes halogenated alkanes) is 6. The third-order valence-corrected chi connectivity index (χ3v) is 3.64. The molecule has 1 aromatic heterocycles. The summed E-state index contributed by atoms with van der Waals surface area (Å²) in [6.07, 6.45) is 13.4. The van der Waals surface area contributed by atoms with Gasteiger partial charge in [0.1, 0.15) is 5.82 Å². The van der Waals surface area contributed by atoms with Crippen molar-refractivity contribution in [1.82, 2.24) is 9.55 Å². The molecule has 18 heavy (non-hydrogen) atoms. The molecular formula is C15H28N2S. The van der Waals surface area contributed by atoms with Crippen LogP contribution in [0.15, 0.2) is 12.4 Å². The first-order valence-corrected chi connectivity index (χ1v) is 8.01. The van der Waals surface area contributed by atoms with Gasteiger partial charge in [0.25, 0.3) is 0 Å². The molecular weight excluding hydrogens is 240 g/mol. The van der Waals surface area contributed by atoms with Crippen molar-refractivity contribution in [2.75, 3.05) is 5.75 Å². The number of rotatable bonds is 10. The standard InChI is InChI=1S/C15H28N2S/c1-14(2)15-16-10-12-17(15)11-8-6-4-3-5-7-9-13-18/h10,12,14,18H,3-9,11,13H2,1-2H3. The van der Waals surface area contributed by atoms with E-state index in [1.54, 1.807) is 0 Å². The van der Waals surface area contributed by atoms with Crippen LogP contribution in [0.5, 0.6) is 0 Å². The van der Waals surface area contributed by atoms with Crippen LogP contribution in [0.1, 0.15) is 70.5 Å². The number of thiol groups is 1. The van der Waals surface area contributed by atoms with Crippen molar-refractivity contribution in [2.45, 2.75) is 71.3 Å². The zero-order chi connectivity index (χ0) is 13.2. The van der Waals surface area contributed by atoms with Crippen LogP contribution in [0.2, 0.25) is 0 Å². The summed E-state index contributed by atoms with van der Waals surface area (Å²) in [5.74, 6) is 2.79. The average Bonchev–Trinajstić information content (AvgIpc) is 2.81. The highest BCUT2D eigenvalue weighted by atomic mass is 32.1. The molecule has 0 spiro atoms. The van der Waals surface area contributed by atoms with Crippen LogP contribution < -0.4 is 0 Å². The second-order valence-corrected chi connectivity index (χ2v) is 5.78. The summed E-state index contributed by atoms with van der Waals surface area (Å²) >= 11 is 4.23. The third kappa shape index (κ3) is 5.94. The second-order valence-electron chi connectivity index (χ2n) is 5.33. The van der Waals surface area contributed by atoms with Crippen molar-refractivity contribution in [3.05, 3.63) is 18.2 Å². The first-order valence-electron chi connectivity index (χ1n) is 7.37. The molecule has 0 bridgehead atoms. The zero-order valence-corrected chi connectivity index (χ0v) is 12.8. The molecule has 3 heteroatoms. The zero-order valence-electron chi connectivity index (χ0n) is 11.9. The fourth-order valence-corrected chi connectivity index (χ4v) is 2.51. The maximum Gasteiger partial charge on any atom is 0.111 e. The van der Waals surface area contributed by atoms with Gasteiger partial charge in [0.05, 0.1) is 0 Å². The fraction of sp³-hybridized carbons (Fsp3) is 0.800. The molecule has 1 rings (SSSR count). The van der Waals surface area contributed by atoms with E-state index in [2.05, 4.69) is 42.2 Å². The minimum Gasteiger partial charge on any atom is -0.335 e. The predicted molar refractivity (Wildman–Crippen MR) is 82.5 cm³/mol. The van der Waals surface area contributed by atoms with Crippen molar-refractivity contribution in [3.63, 3.8) is 0 Å². The van der Waals surface area contributed by atoms with Gasteiger partial charge < -0.3 is 4.57 Å². The highest BCUT2D eigenvalue weighted by Gasteiger charge is 2.05. The second kappa shape index (κ2) is 9.48. The Morgan fingerprint density at radius 2 is 1.67 bits per heavy atom. The van der Waals surface area contributed by atoms with Crippen LogP contribution in [0.25, 0.3) is 0 Å². The molecule has 0 atom stereocenters. The summed E-state index contributed by atoms with van der Waals surface area (Å²) in [5, 5.41) is 0. The summed E-state index contributed by atoms with van der Waals surface area (Å²) in [6.45, 7) is 5.55. The highest BCUT2D eigenvalue weighted by Crippen LogP contribution is 2.13. The maximum absolute atomic E-state index is 4.42. The van der Waals surface area contributed by atoms with Crippen LogP contribution in [0.4, 0.5) is 0 Å². The first kappa shape index (κ1) is 15.6. The Bertz CT molecular complexity index is 307. The average molecular weight is 268 g/mol. The van der Waals surface area contributed by atoms with Gasteiger partial charge in [0.15, 0.2) is 0 Å². The highest BCUT2D eigenvalue weighted by molar-refractivity contribution is 7.80. The Morgan fingerprint density at radius 1 is 1.06 bits per heavy atom. The Balaban J connectivity index is 2.05. The van der Waals surface area contributed by atoms with Gasteiger partial charge >= 0.3 is 0 Å². The predicted octanol–water partition coefficient (Wildman–Crippen LogP) is 4.67. The molecule has 1 heterocycles. The van der Waals surface area contributed by atoms with Crippen LogP contribution in [-0.2, 0) is 6.54 Å². The van der Waals surface area contributed by atoms with E-state index in [0.717, 1.165) is 12.3 Å². The Kier molecular flexibility index (Phi) is 8.23. The number of aryl methyl sites for hydroxylation is 1. The Hall–Kier alpha value is -0.440. The smallest absolute Gasteiger partial charge is 0.111 e. The summed E-state index contributed by atoms with van der Waals surface area (Å²) < 4.78 is 2.31. The van der Waals surface area contributed by atoms with E-state index < -0.39 is 0 Å². The molecule has 0 unspecified atom stereocenters. The number of aromatic nitrogens is 2. The van der Waals surface area contributed by atoms with Crippen molar-refractivity contribution in [3.8, 4) is 0 Å².